The molecule has 0 saturated heterocycles. The van der Waals surface area contributed by atoms with Crippen LogP contribution in [0.4, 0.5) is 11.4 Å². The number of nitrogens with zero attached hydrogens (tertiary/aromatic N) is 1. The summed E-state index contributed by atoms with van der Waals surface area (Å²) in [4.78, 5) is 0. The van der Waals surface area contributed by atoms with Crippen molar-refractivity contribution in [3.05, 3.63) is 41.7 Å². The van der Waals surface area contributed by atoms with Crippen molar-refractivity contribution in [2.24, 2.45) is 0 Å². The van der Waals surface area contributed by atoms with Crippen LogP contribution in [-0.2, 0) is 0 Å². The Morgan fingerprint density at radius 3 is 2.88 bits per heavy atom. The molecule has 0 aliphatic heterocycles. The van der Waals surface area contributed by atoms with Gasteiger partial charge in [-0.05, 0) is 37.6 Å². The second kappa shape index (κ2) is 4.26. The van der Waals surface area contributed by atoms with Crippen LogP contribution >= 0.6 is 0 Å². The molecule has 4 nitrogen and oxygen atoms in total. The number of nitrogens with one attached hydrogen (secondary N) is 2. The van der Waals surface area contributed by atoms with Crippen LogP contribution in [0, 0.1) is 6.92 Å². The van der Waals surface area contributed by atoms with Crippen LogP contribution in [0.5, 0.6) is 0 Å². The van der Waals surface area contributed by atoms with E-state index in [1.165, 1.54) is 0 Å². The fraction of sp³-hybridized carbons (Fsp3) is 0.250. The Labute approximate surface area is 94.9 Å². The van der Waals surface area contributed by atoms with Crippen LogP contribution in [0.2, 0.25) is 0 Å². The number of benzene rings is 1. The van der Waals surface area contributed by atoms with Crippen molar-refractivity contribution in [3.8, 4) is 0 Å². The summed E-state index contributed by atoms with van der Waals surface area (Å²) >= 11 is 0. The van der Waals surface area contributed by atoms with E-state index in [0.29, 0.717) is 0 Å². The van der Waals surface area contributed by atoms with E-state index in [9.17, 15) is 0 Å². The van der Waals surface area contributed by atoms with Gasteiger partial charge in [0, 0.05) is 23.1 Å². The number of aryl methyl sites for hydroxylation is 1. The van der Waals surface area contributed by atoms with Crippen LogP contribution in [0.15, 0.2) is 30.6 Å². The van der Waals surface area contributed by atoms with Crippen LogP contribution in [0.3, 0.4) is 0 Å². The molecule has 1 atom stereocenters. The second-order valence-corrected chi connectivity index (χ2v) is 3.97. The number of anilines is 2. The fourth-order valence-electron chi connectivity index (χ4n) is 1.66. The smallest absolute Gasteiger partial charge is 0.0539 e. The average Bonchev–Trinajstić information content (AvgIpc) is 2.75. The van der Waals surface area contributed by atoms with Gasteiger partial charge in [0.1, 0.15) is 0 Å². The van der Waals surface area contributed by atoms with E-state index in [2.05, 4.69) is 22.4 Å². The van der Waals surface area contributed by atoms with E-state index in [4.69, 9.17) is 5.73 Å². The van der Waals surface area contributed by atoms with Crippen molar-refractivity contribution in [1.29, 1.82) is 0 Å². The van der Waals surface area contributed by atoms with E-state index in [0.717, 1.165) is 22.5 Å². The Hall–Kier alpha value is -1.97. The van der Waals surface area contributed by atoms with Gasteiger partial charge in [0.05, 0.1) is 12.2 Å². The molecule has 4 heteroatoms. The lowest BCUT2D eigenvalue weighted by Gasteiger charge is -2.15. The molecule has 0 bridgehead atoms. The Morgan fingerprint density at radius 2 is 2.25 bits per heavy atom. The van der Waals surface area contributed by atoms with E-state index in [-0.39, 0.29) is 6.04 Å². The number of aromatic amines is 1. The molecule has 4 N–H and O–H groups in total. The number of H-pyrrole nitrogens is 1. The van der Waals surface area contributed by atoms with Crippen LogP contribution in [0.1, 0.15) is 24.1 Å². The maximum Gasteiger partial charge on any atom is 0.0539 e. The molecule has 0 fully saturated rings. The zero-order valence-corrected chi connectivity index (χ0v) is 9.49. The first-order valence-corrected chi connectivity index (χ1v) is 5.28. The van der Waals surface area contributed by atoms with Crippen LogP contribution in [-0.4, -0.2) is 10.2 Å². The molecule has 16 heavy (non-hydrogen) atoms. The highest BCUT2D eigenvalue weighted by Crippen LogP contribution is 2.22. The van der Waals surface area contributed by atoms with Gasteiger partial charge in [-0.2, -0.15) is 5.10 Å². The molecule has 1 aromatic carbocycles. The normalized spacial score (nSPS) is 12.4. The topological polar surface area (TPSA) is 66.7 Å². The summed E-state index contributed by atoms with van der Waals surface area (Å²) in [6, 6.07) is 6.09. The molecule has 2 aromatic rings. The number of rotatable bonds is 3. The first-order chi connectivity index (χ1) is 7.66. The molecule has 0 radical (unpaired) electrons. The summed E-state index contributed by atoms with van der Waals surface area (Å²) in [7, 11) is 0. The molecular formula is C12H16N4. The third-order valence-corrected chi connectivity index (χ3v) is 2.64. The minimum Gasteiger partial charge on any atom is -0.399 e. The van der Waals surface area contributed by atoms with Gasteiger partial charge in [0.25, 0.3) is 0 Å². The molecule has 84 valence electrons. The van der Waals surface area contributed by atoms with E-state index >= 15 is 0 Å². The molecule has 0 spiro atoms. The monoisotopic (exact) mass is 216 g/mol. The van der Waals surface area contributed by atoms with Crippen LogP contribution in [0.25, 0.3) is 0 Å². The molecular weight excluding hydrogens is 200 g/mol. The Kier molecular flexibility index (Phi) is 2.81. The maximum absolute atomic E-state index is 5.71. The summed E-state index contributed by atoms with van der Waals surface area (Å²) in [6.07, 6.45) is 3.72. The number of nitrogen functional groups attached to an aromatic ring is 1. The van der Waals surface area contributed by atoms with Gasteiger partial charge in [0.15, 0.2) is 0 Å². The highest BCUT2D eigenvalue weighted by Gasteiger charge is 2.07. The van der Waals surface area contributed by atoms with Gasteiger partial charge in [-0.25, -0.2) is 0 Å². The fourth-order valence-corrected chi connectivity index (χ4v) is 1.66. The predicted molar refractivity (Wildman–Crippen MR) is 66.2 cm³/mol. The largest absolute Gasteiger partial charge is 0.399 e. The number of hydrogen-bond donors (Lipinski definition) is 3. The maximum atomic E-state index is 5.71. The third-order valence-electron chi connectivity index (χ3n) is 2.64. The zero-order valence-electron chi connectivity index (χ0n) is 9.49. The lowest BCUT2D eigenvalue weighted by Crippen LogP contribution is -2.07. The Morgan fingerprint density at radius 1 is 1.44 bits per heavy atom. The third kappa shape index (κ3) is 2.16. The minimum absolute atomic E-state index is 0.223. The van der Waals surface area contributed by atoms with Crippen molar-refractivity contribution in [2.75, 3.05) is 11.1 Å². The van der Waals surface area contributed by atoms with Gasteiger partial charge in [-0.1, -0.05) is 0 Å². The quantitative estimate of drug-likeness (QED) is 0.690. The van der Waals surface area contributed by atoms with Crippen molar-refractivity contribution in [1.82, 2.24) is 10.2 Å². The summed E-state index contributed by atoms with van der Waals surface area (Å²) in [5.74, 6) is 0. The second-order valence-electron chi connectivity index (χ2n) is 3.97. The van der Waals surface area contributed by atoms with E-state index in [1.54, 1.807) is 0 Å². The van der Waals surface area contributed by atoms with Crippen molar-refractivity contribution in [3.63, 3.8) is 0 Å². The molecule has 0 amide bonds. The molecule has 1 aromatic heterocycles. The minimum atomic E-state index is 0.223. The highest BCUT2D eigenvalue weighted by molar-refractivity contribution is 5.58. The number of aromatic nitrogens is 2. The molecule has 1 heterocycles. The van der Waals surface area contributed by atoms with Crippen LogP contribution < -0.4 is 11.1 Å². The lowest BCUT2D eigenvalue weighted by molar-refractivity contribution is 0.884. The van der Waals surface area contributed by atoms with Crippen molar-refractivity contribution >= 4 is 11.4 Å². The molecule has 1 unspecified atom stereocenters. The first-order valence-electron chi connectivity index (χ1n) is 5.28. The summed E-state index contributed by atoms with van der Waals surface area (Å²) in [5, 5.41) is 10.2. The van der Waals surface area contributed by atoms with Gasteiger partial charge >= 0.3 is 0 Å². The molecule has 0 aliphatic carbocycles. The Bertz CT molecular complexity index is 462. The average molecular weight is 216 g/mol. The summed E-state index contributed by atoms with van der Waals surface area (Å²) in [5.41, 5.74) is 9.88. The Balaban J connectivity index is 2.15. The number of nitrogens with two attached hydrogens (primary N) is 1. The van der Waals surface area contributed by atoms with E-state index < -0.39 is 0 Å². The highest BCUT2D eigenvalue weighted by atomic mass is 15.1. The van der Waals surface area contributed by atoms with Gasteiger partial charge in [0.2, 0.25) is 0 Å². The molecule has 0 saturated carbocycles. The van der Waals surface area contributed by atoms with Gasteiger partial charge in [-0.3, -0.25) is 5.10 Å². The zero-order chi connectivity index (χ0) is 11.5. The molecule has 2 rings (SSSR count). The number of hydrogen-bond acceptors (Lipinski definition) is 3. The van der Waals surface area contributed by atoms with Gasteiger partial charge in [-0.15, -0.1) is 0 Å². The van der Waals surface area contributed by atoms with Gasteiger partial charge < -0.3 is 11.1 Å². The standard InChI is InChI=1S/C12H16N4/c1-8-5-11(13)3-4-12(8)16-9(2)10-6-14-15-7-10/h3-7,9,16H,13H2,1-2H3,(H,14,15). The summed E-state index contributed by atoms with van der Waals surface area (Å²) in [6.45, 7) is 4.14. The summed E-state index contributed by atoms with van der Waals surface area (Å²) < 4.78 is 0. The van der Waals surface area contributed by atoms with E-state index in [1.807, 2.05) is 37.5 Å². The molecule has 0 aliphatic rings. The SMILES string of the molecule is Cc1cc(N)ccc1NC(C)c1cn[nH]c1. The lowest BCUT2D eigenvalue weighted by atomic mass is 10.1. The van der Waals surface area contributed by atoms with Crippen molar-refractivity contribution in [2.45, 2.75) is 19.9 Å². The predicted octanol–water partition coefficient (Wildman–Crippen LogP) is 2.47. The first kappa shape index (κ1) is 10.5. The van der Waals surface area contributed by atoms with Crippen molar-refractivity contribution < 1.29 is 0 Å².